The molecule has 0 aromatic carbocycles. The van der Waals surface area contributed by atoms with Gasteiger partial charge in [0.05, 0.1) is 6.20 Å². The molecule has 1 aromatic heterocycles. The zero-order valence-corrected chi connectivity index (χ0v) is 13.4. The summed E-state index contributed by atoms with van der Waals surface area (Å²) in [5.74, 6) is 0.624. The number of aromatic nitrogens is 1. The van der Waals surface area contributed by atoms with Crippen molar-refractivity contribution in [3.8, 4) is 0 Å². The highest BCUT2D eigenvalue weighted by Crippen LogP contribution is 2.21. The van der Waals surface area contributed by atoms with E-state index in [9.17, 15) is 4.39 Å². The number of pyridine rings is 1. The molecule has 1 unspecified atom stereocenters. The van der Waals surface area contributed by atoms with E-state index in [4.69, 9.17) is 0 Å². The van der Waals surface area contributed by atoms with E-state index in [0.717, 1.165) is 30.9 Å². The third-order valence-corrected chi connectivity index (χ3v) is 4.17. The minimum Gasteiger partial charge on any atom is -0.358 e. The van der Waals surface area contributed by atoms with Crippen molar-refractivity contribution in [2.45, 2.75) is 38.8 Å². The predicted octanol–water partition coefficient (Wildman–Crippen LogP) is 2.25. The summed E-state index contributed by atoms with van der Waals surface area (Å²) in [7, 11) is 4.23. The number of nitrogens with zero attached hydrogens (tertiary/aromatic N) is 3. The van der Waals surface area contributed by atoms with Crippen LogP contribution in [0, 0.1) is 5.82 Å². The van der Waals surface area contributed by atoms with Gasteiger partial charge >= 0.3 is 0 Å². The van der Waals surface area contributed by atoms with Crippen LogP contribution in [0.25, 0.3) is 0 Å². The standard InChI is InChI=1S/C16H27FN4/c1-4-7-18-10-13-9-14(17)11-19-16(13)21(3)12-15-6-5-8-20(15)2/h9,11,15,18H,4-8,10,12H2,1-3H3. The maximum Gasteiger partial charge on any atom is 0.141 e. The van der Waals surface area contributed by atoms with E-state index in [1.807, 2.05) is 0 Å². The molecular weight excluding hydrogens is 267 g/mol. The van der Waals surface area contributed by atoms with E-state index in [1.165, 1.54) is 25.6 Å². The molecular formula is C16H27FN4. The predicted molar refractivity (Wildman–Crippen MR) is 85.1 cm³/mol. The number of hydrogen-bond acceptors (Lipinski definition) is 4. The fourth-order valence-corrected chi connectivity index (χ4v) is 2.96. The second-order valence-electron chi connectivity index (χ2n) is 5.97. The van der Waals surface area contributed by atoms with E-state index >= 15 is 0 Å². The normalized spacial score (nSPS) is 19.1. The minimum atomic E-state index is -0.265. The van der Waals surface area contributed by atoms with Crippen molar-refractivity contribution in [2.75, 3.05) is 38.6 Å². The van der Waals surface area contributed by atoms with Crippen LogP contribution in [0.1, 0.15) is 31.7 Å². The fourth-order valence-electron chi connectivity index (χ4n) is 2.96. The Hall–Kier alpha value is -1.20. The molecule has 1 aromatic rings. The Labute approximate surface area is 127 Å². The number of likely N-dealkylation sites (N-methyl/N-ethyl adjacent to an activating group) is 2. The van der Waals surface area contributed by atoms with Crippen LogP contribution in [0.15, 0.2) is 12.3 Å². The molecule has 0 radical (unpaired) electrons. The van der Waals surface area contributed by atoms with Crippen LogP contribution in [0.3, 0.4) is 0 Å². The largest absolute Gasteiger partial charge is 0.358 e. The maximum absolute atomic E-state index is 13.5. The average molecular weight is 294 g/mol. The van der Waals surface area contributed by atoms with Crippen LogP contribution < -0.4 is 10.2 Å². The Kier molecular flexibility index (Phi) is 5.94. The van der Waals surface area contributed by atoms with Gasteiger partial charge in [0.25, 0.3) is 0 Å². The molecule has 1 atom stereocenters. The quantitative estimate of drug-likeness (QED) is 0.782. The van der Waals surface area contributed by atoms with Crippen molar-refractivity contribution in [1.82, 2.24) is 15.2 Å². The van der Waals surface area contributed by atoms with Crippen LogP contribution in [0.2, 0.25) is 0 Å². The van der Waals surface area contributed by atoms with Crippen molar-refractivity contribution in [3.05, 3.63) is 23.6 Å². The number of likely N-dealkylation sites (tertiary alicyclic amines) is 1. The first kappa shape index (κ1) is 16.2. The van der Waals surface area contributed by atoms with Crippen molar-refractivity contribution in [1.29, 1.82) is 0 Å². The van der Waals surface area contributed by atoms with Crippen LogP contribution >= 0.6 is 0 Å². The Bertz CT molecular complexity index is 452. The number of anilines is 1. The second-order valence-corrected chi connectivity index (χ2v) is 5.97. The lowest BCUT2D eigenvalue weighted by Gasteiger charge is -2.28. The monoisotopic (exact) mass is 294 g/mol. The van der Waals surface area contributed by atoms with Crippen molar-refractivity contribution in [3.63, 3.8) is 0 Å². The lowest BCUT2D eigenvalue weighted by Crippen LogP contribution is -2.37. The Morgan fingerprint density at radius 3 is 3.00 bits per heavy atom. The molecule has 1 aliphatic heterocycles. The Morgan fingerprint density at radius 1 is 1.52 bits per heavy atom. The SMILES string of the molecule is CCCNCc1cc(F)cnc1N(C)CC1CCCN1C. The van der Waals surface area contributed by atoms with Gasteiger partial charge in [-0.25, -0.2) is 9.37 Å². The van der Waals surface area contributed by atoms with Gasteiger partial charge in [-0.3, -0.25) is 0 Å². The van der Waals surface area contributed by atoms with E-state index in [1.54, 1.807) is 6.07 Å². The molecule has 2 rings (SSSR count). The molecule has 4 nitrogen and oxygen atoms in total. The molecule has 21 heavy (non-hydrogen) atoms. The molecule has 1 N–H and O–H groups in total. The first-order valence-corrected chi connectivity index (χ1v) is 7.88. The summed E-state index contributed by atoms with van der Waals surface area (Å²) in [6, 6.07) is 2.16. The van der Waals surface area contributed by atoms with Gasteiger partial charge < -0.3 is 15.1 Å². The van der Waals surface area contributed by atoms with Crippen LogP contribution in [0.5, 0.6) is 0 Å². The van der Waals surface area contributed by atoms with Gasteiger partial charge in [-0.1, -0.05) is 6.92 Å². The highest BCUT2D eigenvalue weighted by atomic mass is 19.1. The summed E-state index contributed by atoms with van der Waals surface area (Å²) in [6.45, 7) is 5.83. The Balaban J connectivity index is 2.05. The van der Waals surface area contributed by atoms with Gasteiger partial charge in [0.15, 0.2) is 0 Å². The lowest BCUT2D eigenvalue weighted by molar-refractivity contribution is 0.314. The zero-order chi connectivity index (χ0) is 15.2. The highest BCUT2D eigenvalue weighted by molar-refractivity contribution is 5.46. The number of hydrogen-bond donors (Lipinski definition) is 1. The number of nitrogens with one attached hydrogen (secondary N) is 1. The van der Waals surface area contributed by atoms with Gasteiger partial charge in [0.1, 0.15) is 11.6 Å². The minimum absolute atomic E-state index is 0.265. The fraction of sp³-hybridized carbons (Fsp3) is 0.688. The molecule has 5 heteroatoms. The summed E-state index contributed by atoms with van der Waals surface area (Å²) < 4.78 is 13.5. The highest BCUT2D eigenvalue weighted by Gasteiger charge is 2.23. The molecule has 1 saturated heterocycles. The first-order valence-electron chi connectivity index (χ1n) is 7.88. The topological polar surface area (TPSA) is 31.4 Å². The van der Waals surface area contributed by atoms with Gasteiger partial charge in [0, 0.05) is 31.7 Å². The van der Waals surface area contributed by atoms with Crippen LogP contribution in [-0.4, -0.2) is 49.7 Å². The zero-order valence-electron chi connectivity index (χ0n) is 13.4. The molecule has 0 spiro atoms. The van der Waals surface area contributed by atoms with E-state index in [0.29, 0.717) is 12.6 Å². The van der Waals surface area contributed by atoms with Gasteiger partial charge in [-0.2, -0.15) is 0 Å². The molecule has 2 heterocycles. The summed E-state index contributed by atoms with van der Waals surface area (Å²) in [4.78, 5) is 8.88. The van der Waals surface area contributed by atoms with E-state index in [-0.39, 0.29) is 5.82 Å². The maximum atomic E-state index is 13.5. The second kappa shape index (κ2) is 7.71. The van der Waals surface area contributed by atoms with Gasteiger partial charge in [-0.05, 0) is 45.5 Å². The molecule has 0 amide bonds. The molecule has 0 saturated carbocycles. The van der Waals surface area contributed by atoms with Crippen LogP contribution in [0.4, 0.5) is 10.2 Å². The molecule has 0 bridgehead atoms. The lowest BCUT2D eigenvalue weighted by atomic mass is 10.2. The van der Waals surface area contributed by atoms with Crippen molar-refractivity contribution >= 4 is 5.82 Å². The van der Waals surface area contributed by atoms with Crippen molar-refractivity contribution < 1.29 is 4.39 Å². The summed E-state index contributed by atoms with van der Waals surface area (Å²) in [5, 5.41) is 3.33. The molecule has 118 valence electrons. The smallest absolute Gasteiger partial charge is 0.141 e. The number of halogens is 1. The first-order chi connectivity index (χ1) is 10.1. The summed E-state index contributed by atoms with van der Waals surface area (Å²) >= 11 is 0. The van der Waals surface area contributed by atoms with Crippen molar-refractivity contribution in [2.24, 2.45) is 0 Å². The molecule has 1 aliphatic rings. The summed E-state index contributed by atoms with van der Waals surface area (Å²) in [5.41, 5.74) is 0.937. The third kappa shape index (κ3) is 4.38. The third-order valence-electron chi connectivity index (χ3n) is 4.17. The Morgan fingerprint density at radius 2 is 2.33 bits per heavy atom. The van der Waals surface area contributed by atoms with E-state index in [2.05, 4.69) is 41.1 Å². The summed E-state index contributed by atoms with van der Waals surface area (Å²) in [6.07, 6.45) is 4.87. The molecule has 1 fully saturated rings. The molecule has 0 aliphatic carbocycles. The number of rotatable bonds is 7. The van der Waals surface area contributed by atoms with Gasteiger partial charge in [0.2, 0.25) is 0 Å². The van der Waals surface area contributed by atoms with E-state index < -0.39 is 0 Å². The van der Waals surface area contributed by atoms with Gasteiger partial charge in [-0.15, -0.1) is 0 Å². The van der Waals surface area contributed by atoms with Crippen LogP contribution in [-0.2, 0) is 6.54 Å². The average Bonchev–Trinajstić information content (AvgIpc) is 2.84.